The van der Waals surface area contributed by atoms with E-state index < -0.39 is 11.9 Å². The van der Waals surface area contributed by atoms with E-state index in [1.54, 1.807) is 18.2 Å². The molecule has 4 rings (SSSR count). The quantitative estimate of drug-likeness (QED) is 0.541. The van der Waals surface area contributed by atoms with Gasteiger partial charge in [-0.15, -0.1) is 0 Å². The van der Waals surface area contributed by atoms with Crippen molar-refractivity contribution in [2.45, 2.75) is 13.1 Å². The number of hydrogen-bond donors (Lipinski definition) is 4. The van der Waals surface area contributed by atoms with Crippen molar-refractivity contribution in [3.8, 4) is 28.1 Å². The monoisotopic (exact) mass is 388 g/mol. The van der Waals surface area contributed by atoms with E-state index in [1.165, 1.54) is 23.7 Å². The van der Waals surface area contributed by atoms with E-state index in [0.29, 0.717) is 29.3 Å². The van der Waals surface area contributed by atoms with Crippen molar-refractivity contribution in [2.75, 3.05) is 17.4 Å². The third kappa shape index (κ3) is 3.02. The van der Waals surface area contributed by atoms with E-state index in [4.69, 9.17) is 5.41 Å². The lowest BCUT2D eigenvalue weighted by Crippen LogP contribution is -2.27. The summed E-state index contributed by atoms with van der Waals surface area (Å²) in [6.07, 6.45) is -4.59. The Morgan fingerprint density at radius 3 is 2.50 bits per heavy atom. The summed E-state index contributed by atoms with van der Waals surface area (Å²) in [6.45, 7) is 1.79. The van der Waals surface area contributed by atoms with Crippen LogP contribution in [0.3, 0.4) is 0 Å². The molecule has 0 unspecified atom stereocenters. The average molecular weight is 388 g/mol. The standard InChI is InChI=1S/C18H15F3N6O/c1-9-6-11(7-13(25-9)18(19,20)21)14-15(10-2-4-12(28)5-3-10)26-17(22)27-16(14)23-8-24-27/h2-7,22-24,28H,8H2,1H3. The Balaban J connectivity index is 2.04. The zero-order valence-electron chi connectivity index (χ0n) is 14.6. The molecule has 0 radical (unpaired) electrons. The fourth-order valence-corrected chi connectivity index (χ4v) is 3.13. The minimum Gasteiger partial charge on any atom is -0.508 e. The third-order valence-corrected chi connectivity index (χ3v) is 4.29. The van der Waals surface area contributed by atoms with Gasteiger partial charge >= 0.3 is 6.18 Å². The molecule has 3 aromatic rings. The fraction of sp³-hybridized carbons (Fsp3) is 0.167. The maximum atomic E-state index is 13.3. The zero-order valence-corrected chi connectivity index (χ0v) is 14.6. The molecule has 28 heavy (non-hydrogen) atoms. The third-order valence-electron chi connectivity index (χ3n) is 4.29. The van der Waals surface area contributed by atoms with Crippen molar-refractivity contribution in [1.82, 2.24) is 14.6 Å². The van der Waals surface area contributed by atoms with Crippen LogP contribution in [0.5, 0.6) is 5.75 Å². The number of phenolic OH excluding ortho intramolecular Hbond substituents is 1. The second-order valence-corrected chi connectivity index (χ2v) is 6.28. The number of nitrogens with one attached hydrogen (secondary N) is 3. The molecule has 0 atom stereocenters. The molecule has 0 amide bonds. The molecular weight excluding hydrogens is 373 g/mol. The van der Waals surface area contributed by atoms with E-state index in [1.807, 2.05) is 0 Å². The summed E-state index contributed by atoms with van der Waals surface area (Å²) >= 11 is 0. The summed E-state index contributed by atoms with van der Waals surface area (Å²) in [5.41, 5.74) is 3.57. The Bertz CT molecular complexity index is 1120. The first kappa shape index (κ1) is 17.8. The van der Waals surface area contributed by atoms with Crippen molar-refractivity contribution in [2.24, 2.45) is 0 Å². The second-order valence-electron chi connectivity index (χ2n) is 6.28. The lowest BCUT2D eigenvalue weighted by Gasteiger charge is -2.16. The van der Waals surface area contributed by atoms with Crippen LogP contribution in [0, 0.1) is 12.3 Å². The summed E-state index contributed by atoms with van der Waals surface area (Å²) in [6, 6.07) is 8.61. The highest BCUT2D eigenvalue weighted by Crippen LogP contribution is 2.39. The second kappa shape index (κ2) is 6.25. The van der Waals surface area contributed by atoms with Gasteiger partial charge in [0.2, 0.25) is 5.62 Å². The van der Waals surface area contributed by atoms with Gasteiger partial charge < -0.3 is 15.8 Å². The molecule has 4 N–H and O–H groups in total. The summed E-state index contributed by atoms with van der Waals surface area (Å²) in [5, 5.41) is 20.7. The number of hydrogen-bond acceptors (Lipinski definition) is 6. The first-order valence-corrected chi connectivity index (χ1v) is 8.29. The maximum absolute atomic E-state index is 13.3. The van der Waals surface area contributed by atoms with E-state index >= 15 is 0 Å². The van der Waals surface area contributed by atoms with Crippen LogP contribution >= 0.6 is 0 Å². The molecule has 0 saturated carbocycles. The van der Waals surface area contributed by atoms with Gasteiger partial charge in [0.1, 0.15) is 23.9 Å². The van der Waals surface area contributed by atoms with Gasteiger partial charge in [-0.25, -0.2) is 14.6 Å². The van der Waals surface area contributed by atoms with Crippen LogP contribution in [0.25, 0.3) is 22.4 Å². The smallest absolute Gasteiger partial charge is 0.433 e. The number of aromatic nitrogens is 3. The average Bonchev–Trinajstić information content (AvgIpc) is 3.11. The van der Waals surface area contributed by atoms with Crippen LogP contribution in [0.15, 0.2) is 36.4 Å². The van der Waals surface area contributed by atoms with Gasteiger partial charge in [-0.2, -0.15) is 13.2 Å². The molecule has 1 aliphatic rings. The summed E-state index contributed by atoms with van der Waals surface area (Å²) in [4.78, 5) is 7.88. The SMILES string of the molecule is Cc1cc(-c2c(-c3ccc(O)cc3)nc(=N)n3c2NCN3)cc(C(F)(F)F)n1. The lowest BCUT2D eigenvalue weighted by atomic mass is 9.98. The van der Waals surface area contributed by atoms with E-state index in [2.05, 4.69) is 20.7 Å². The molecule has 0 aliphatic carbocycles. The molecule has 1 aliphatic heterocycles. The van der Waals surface area contributed by atoms with Gasteiger partial charge in [-0.05, 0) is 48.9 Å². The molecule has 0 fully saturated rings. The van der Waals surface area contributed by atoms with Crippen molar-refractivity contribution in [3.05, 3.63) is 53.4 Å². The Kier molecular flexibility index (Phi) is 3.98. The lowest BCUT2D eigenvalue weighted by molar-refractivity contribution is -0.141. The van der Waals surface area contributed by atoms with E-state index in [9.17, 15) is 18.3 Å². The van der Waals surface area contributed by atoms with Crippen molar-refractivity contribution < 1.29 is 18.3 Å². The van der Waals surface area contributed by atoms with Crippen LogP contribution in [0.2, 0.25) is 0 Å². The van der Waals surface area contributed by atoms with Gasteiger partial charge in [-0.3, -0.25) is 5.41 Å². The van der Waals surface area contributed by atoms with E-state index in [-0.39, 0.29) is 22.6 Å². The molecule has 0 bridgehead atoms. The van der Waals surface area contributed by atoms with Crippen LogP contribution < -0.4 is 16.4 Å². The summed E-state index contributed by atoms with van der Waals surface area (Å²) in [5.74, 6) is 0.479. The number of alkyl halides is 3. The minimum absolute atomic E-state index is 0.0471. The highest BCUT2D eigenvalue weighted by atomic mass is 19.4. The zero-order chi connectivity index (χ0) is 20.1. The number of fused-ring (bicyclic) bond motifs is 1. The molecule has 0 saturated heterocycles. The van der Waals surface area contributed by atoms with Crippen molar-refractivity contribution >= 4 is 5.82 Å². The predicted molar refractivity (Wildman–Crippen MR) is 96.0 cm³/mol. The van der Waals surface area contributed by atoms with Crippen LogP contribution in [0.4, 0.5) is 19.0 Å². The van der Waals surface area contributed by atoms with Gasteiger partial charge in [-0.1, -0.05) is 0 Å². The Hall–Kier alpha value is -3.56. The summed E-state index contributed by atoms with van der Waals surface area (Å²) in [7, 11) is 0. The largest absolute Gasteiger partial charge is 0.508 e. The number of benzene rings is 1. The molecule has 3 heterocycles. The Morgan fingerprint density at radius 2 is 1.82 bits per heavy atom. The maximum Gasteiger partial charge on any atom is 0.433 e. The number of rotatable bonds is 2. The highest BCUT2D eigenvalue weighted by Gasteiger charge is 2.34. The Labute approximate surface area is 157 Å². The predicted octanol–water partition coefficient (Wildman–Crippen LogP) is 3.05. The normalized spacial score (nSPS) is 13.0. The first-order chi connectivity index (χ1) is 13.2. The first-order valence-electron chi connectivity index (χ1n) is 8.29. The number of aryl methyl sites for hydroxylation is 1. The minimum atomic E-state index is -4.59. The highest BCUT2D eigenvalue weighted by molar-refractivity contribution is 5.89. The molecular formula is C18H15F3N6O. The van der Waals surface area contributed by atoms with Gasteiger partial charge in [0.05, 0.1) is 11.3 Å². The number of anilines is 1. The molecule has 7 nitrogen and oxygen atoms in total. The number of halogens is 3. The van der Waals surface area contributed by atoms with Gasteiger partial charge in [0, 0.05) is 11.3 Å². The number of phenols is 1. The van der Waals surface area contributed by atoms with Crippen molar-refractivity contribution in [1.29, 1.82) is 5.41 Å². The number of pyridine rings is 1. The van der Waals surface area contributed by atoms with Crippen LogP contribution in [0.1, 0.15) is 11.4 Å². The molecule has 1 aromatic carbocycles. The molecule has 144 valence electrons. The Morgan fingerprint density at radius 1 is 1.11 bits per heavy atom. The molecule has 0 spiro atoms. The van der Waals surface area contributed by atoms with Crippen LogP contribution in [-0.2, 0) is 6.18 Å². The fourth-order valence-electron chi connectivity index (χ4n) is 3.13. The van der Waals surface area contributed by atoms with Gasteiger partial charge in [0.25, 0.3) is 0 Å². The molecule has 2 aromatic heterocycles. The topological polar surface area (TPSA) is 98.9 Å². The van der Waals surface area contributed by atoms with Crippen LogP contribution in [-0.4, -0.2) is 26.4 Å². The molecule has 10 heteroatoms. The van der Waals surface area contributed by atoms with Gasteiger partial charge in [0.15, 0.2) is 0 Å². The number of aromatic hydroxyl groups is 1. The number of nitrogens with zero attached hydrogens (tertiary/aromatic N) is 3. The van der Waals surface area contributed by atoms with E-state index in [0.717, 1.165) is 6.07 Å². The summed E-state index contributed by atoms with van der Waals surface area (Å²) < 4.78 is 41.3. The van der Waals surface area contributed by atoms with Crippen molar-refractivity contribution in [3.63, 3.8) is 0 Å².